The monoisotopic (exact) mass is 312 g/mol. The fraction of sp³-hybridized carbons (Fsp3) is 0.538. The van der Waals surface area contributed by atoms with E-state index in [4.69, 9.17) is 0 Å². The Kier molecular flexibility index (Phi) is 5.13. The zero-order chi connectivity index (χ0) is 15.3. The molecule has 0 radical (unpaired) electrons. The van der Waals surface area contributed by atoms with E-state index in [0.29, 0.717) is 39.1 Å². The van der Waals surface area contributed by atoms with E-state index in [1.165, 1.54) is 10.6 Å². The average Bonchev–Trinajstić information content (AvgIpc) is 2.71. The quantitative estimate of drug-likeness (QED) is 0.868. The molecule has 1 saturated heterocycles. The average molecular weight is 312 g/mol. The number of aromatic nitrogens is 1. The first-order chi connectivity index (χ1) is 9.97. The minimum Gasteiger partial charge on any atom is -0.334 e. The molecule has 0 aromatic carbocycles. The van der Waals surface area contributed by atoms with Crippen molar-refractivity contribution < 1.29 is 13.2 Å². The van der Waals surface area contributed by atoms with Crippen molar-refractivity contribution in [2.75, 3.05) is 32.4 Å². The van der Waals surface area contributed by atoms with Gasteiger partial charge in [-0.1, -0.05) is 6.07 Å². The van der Waals surface area contributed by atoms with Crippen LogP contribution in [0.5, 0.6) is 0 Å². The molecule has 7 nitrogen and oxygen atoms in total. The molecule has 21 heavy (non-hydrogen) atoms. The highest BCUT2D eigenvalue weighted by Crippen LogP contribution is 2.07. The lowest BCUT2D eigenvalue weighted by atomic mass is 10.3. The van der Waals surface area contributed by atoms with E-state index in [0.717, 1.165) is 5.56 Å². The third-order valence-corrected chi connectivity index (χ3v) is 4.68. The number of amides is 2. The summed E-state index contributed by atoms with van der Waals surface area (Å²) >= 11 is 0. The number of carbonyl (C=O) groups is 1. The summed E-state index contributed by atoms with van der Waals surface area (Å²) in [4.78, 5) is 17.8. The van der Waals surface area contributed by atoms with E-state index < -0.39 is 10.0 Å². The van der Waals surface area contributed by atoms with Crippen LogP contribution in [0.2, 0.25) is 0 Å². The molecule has 2 heterocycles. The Bertz CT molecular complexity index is 576. The van der Waals surface area contributed by atoms with Crippen molar-refractivity contribution in [3.63, 3.8) is 0 Å². The van der Waals surface area contributed by atoms with Crippen molar-refractivity contribution in [2.24, 2.45) is 0 Å². The van der Waals surface area contributed by atoms with Crippen LogP contribution in [0.3, 0.4) is 0 Å². The smallest absolute Gasteiger partial charge is 0.317 e. The zero-order valence-corrected chi connectivity index (χ0v) is 12.8. The fourth-order valence-corrected chi connectivity index (χ4v) is 3.09. The van der Waals surface area contributed by atoms with Gasteiger partial charge in [0.15, 0.2) is 0 Å². The van der Waals surface area contributed by atoms with Gasteiger partial charge >= 0.3 is 6.03 Å². The summed E-state index contributed by atoms with van der Waals surface area (Å²) in [6.07, 6.45) is 5.23. The predicted octanol–water partition coefficient (Wildman–Crippen LogP) is 0.259. The Balaban J connectivity index is 1.86. The molecule has 2 amide bonds. The molecular formula is C13H20N4O3S. The second kappa shape index (κ2) is 6.86. The van der Waals surface area contributed by atoms with E-state index in [2.05, 4.69) is 10.3 Å². The molecule has 1 fully saturated rings. The van der Waals surface area contributed by atoms with Crippen molar-refractivity contribution in [3.8, 4) is 0 Å². The van der Waals surface area contributed by atoms with Gasteiger partial charge in [0, 0.05) is 45.1 Å². The van der Waals surface area contributed by atoms with Gasteiger partial charge in [-0.15, -0.1) is 0 Å². The van der Waals surface area contributed by atoms with Crippen LogP contribution in [0.4, 0.5) is 4.79 Å². The van der Waals surface area contributed by atoms with Crippen molar-refractivity contribution in [3.05, 3.63) is 30.1 Å². The van der Waals surface area contributed by atoms with Crippen LogP contribution < -0.4 is 5.32 Å². The summed E-state index contributed by atoms with van der Waals surface area (Å²) in [7, 11) is -3.19. The molecule has 1 N–H and O–H groups in total. The van der Waals surface area contributed by atoms with Gasteiger partial charge in [-0.05, 0) is 18.1 Å². The van der Waals surface area contributed by atoms with Gasteiger partial charge in [-0.2, -0.15) is 0 Å². The number of carbonyl (C=O) groups excluding carboxylic acids is 1. The predicted molar refractivity (Wildman–Crippen MR) is 79.1 cm³/mol. The van der Waals surface area contributed by atoms with Gasteiger partial charge in [0.25, 0.3) is 0 Å². The van der Waals surface area contributed by atoms with Crippen LogP contribution in [0, 0.1) is 0 Å². The summed E-state index contributed by atoms with van der Waals surface area (Å²) in [5.74, 6) is 0. The maximum absolute atomic E-state index is 12.1. The second-order valence-corrected chi connectivity index (χ2v) is 7.01. The number of urea groups is 1. The Morgan fingerprint density at radius 1 is 1.33 bits per heavy atom. The summed E-state index contributed by atoms with van der Waals surface area (Å²) in [5, 5.41) is 2.83. The largest absolute Gasteiger partial charge is 0.334 e. The molecule has 0 bridgehead atoms. The zero-order valence-electron chi connectivity index (χ0n) is 12.0. The number of pyridine rings is 1. The molecular weight excluding hydrogens is 292 g/mol. The van der Waals surface area contributed by atoms with E-state index in [-0.39, 0.29) is 6.03 Å². The first-order valence-corrected chi connectivity index (χ1v) is 8.68. The standard InChI is InChI=1S/C13H20N4O3S/c1-21(19,20)17-7-3-6-16(8-9-17)13(18)15-11-12-4-2-5-14-10-12/h2,4-5,10H,3,6-9,11H2,1H3,(H,15,18). The van der Waals surface area contributed by atoms with Gasteiger partial charge in [0.1, 0.15) is 0 Å². The minimum absolute atomic E-state index is 0.172. The third-order valence-electron chi connectivity index (χ3n) is 3.38. The van der Waals surface area contributed by atoms with Crippen LogP contribution in [-0.2, 0) is 16.6 Å². The lowest BCUT2D eigenvalue weighted by Gasteiger charge is -2.21. The lowest BCUT2D eigenvalue weighted by molar-refractivity contribution is 0.200. The number of rotatable bonds is 3. The maximum Gasteiger partial charge on any atom is 0.317 e. The lowest BCUT2D eigenvalue weighted by Crippen LogP contribution is -2.42. The van der Waals surface area contributed by atoms with Crippen LogP contribution in [0.25, 0.3) is 0 Å². The third kappa shape index (κ3) is 4.68. The van der Waals surface area contributed by atoms with Gasteiger partial charge in [0.2, 0.25) is 10.0 Å². The highest BCUT2D eigenvalue weighted by atomic mass is 32.2. The van der Waals surface area contributed by atoms with Gasteiger partial charge in [-0.25, -0.2) is 17.5 Å². The van der Waals surface area contributed by atoms with E-state index >= 15 is 0 Å². The molecule has 0 unspecified atom stereocenters. The van der Waals surface area contributed by atoms with Crippen LogP contribution in [0.1, 0.15) is 12.0 Å². The van der Waals surface area contributed by atoms with Crippen molar-refractivity contribution in [2.45, 2.75) is 13.0 Å². The van der Waals surface area contributed by atoms with E-state index in [9.17, 15) is 13.2 Å². The minimum atomic E-state index is -3.19. The molecule has 1 aliphatic rings. The maximum atomic E-state index is 12.1. The first kappa shape index (κ1) is 15.7. The van der Waals surface area contributed by atoms with Gasteiger partial charge in [-0.3, -0.25) is 4.98 Å². The Morgan fingerprint density at radius 3 is 2.81 bits per heavy atom. The number of hydrogen-bond donors (Lipinski definition) is 1. The number of nitrogens with one attached hydrogen (secondary N) is 1. The summed E-state index contributed by atoms with van der Waals surface area (Å²) in [6.45, 7) is 2.19. The molecule has 1 aromatic heterocycles. The first-order valence-electron chi connectivity index (χ1n) is 6.83. The summed E-state index contributed by atoms with van der Waals surface area (Å²) in [5.41, 5.74) is 0.929. The van der Waals surface area contributed by atoms with Crippen LogP contribution in [-0.4, -0.2) is 61.1 Å². The molecule has 0 aliphatic carbocycles. The summed E-state index contributed by atoms with van der Waals surface area (Å²) < 4.78 is 24.5. The molecule has 8 heteroatoms. The van der Waals surface area contributed by atoms with Crippen LogP contribution >= 0.6 is 0 Å². The Morgan fingerprint density at radius 2 is 2.14 bits per heavy atom. The van der Waals surface area contributed by atoms with E-state index in [1.54, 1.807) is 17.3 Å². The Labute approximate surface area is 125 Å². The molecule has 0 saturated carbocycles. The van der Waals surface area contributed by atoms with Crippen molar-refractivity contribution in [1.29, 1.82) is 0 Å². The van der Waals surface area contributed by atoms with Crippen LogP contribution in [0.15, 0.2) is 24.5 Å². The number of sulfonamides is 1. The van der Waals surface area contributed by atoms with Crippen molar-refractivity contribution >= 4 is 16.1 Å². The van der Waals surface area contributed by atoms with Gasteiger partial charge < -0.3 is 10.2 Å². The molecule has 1 aromatic rings. The second-order valence-electron chi connectivity index (χ2n) is 5.02. The topological polar surface area (TPSA) is 82.6 Å². The summed E-state index contributed by atoms with van der Waals surface area (Å²) in [6, 6.07) is 3.53. The normalized spacial score (nSPS) is 17.3. The molecule has 0 spiro atoms. The van der Waals surface area contributed by atoms with E-state index in [1.807, 2.05) is 12.1 Å². The molecule has 116 valence electrons. The molecule has 0 atom stereocenters. The van der Waals surface area contributed by atoms with Crippen molar-refractivity contribution in [1.82, 2.24) is 19.5 Å². The SMILES string of the molecule is CS(=O)(=O)N1CCCN(C(=O)NCc2cccnc2)CC1. The number of nitrogens with zero attached hydrogens (tertiary/aromatic N) is 3. The molecule has 2 rings (SSSR count). The molecule has 1 aliphatic heterocycles. The van der Waals surface area contributed by atoms with Gasteiger partial charge in [0.05, 0.1) is 6.26 Å². The number of hydrogen-bond acceptors (Lipinski definition) is 4. The highest BCUT2D eigenvalue weighted by Gasteiger charge is 2.23. The Hall–Kier alpha value is -1.67. The highest BCUT2D eigenvalue weighted by molar-refractivity contribution is 7.88. The fourth-order valence-electron chi connectivity index (χ4n) is 2.22.